The number of nitrogens with zero attached hydrogens (tertiary/aromatic N) is 3. The Morgan fingerprint density at radius 3 is 2.29 bits per heavy atom. The molecule has 0 aromatic rings. The van der Waals surface area contributed by atoms with Crippen LogP contribution in [0, 0.1) is 11.8 Å². The number of amides is 3. The highest BCUT2D eigenvalue weighted by atomic mass is 16.4. The molecule has 0 spiro atoms. The average molecular weight is 299 g/mol. The van der Waals surface area contributed by atoms with Crippen molar-refractivity contribution >= 4 is 17.9 Å². The topological polar surface area (TPSA) is 81.2 Å². The number of carboxylic acids is 1. The number of likely N-dealkylation sites (tertiary alicyclic amines) is 1. The summed E-state index contributed by atoms with van der Waals surface area (Å²) in [5.41, 5.74) is 0. The van der Waals surface area contributed by atoms with Gasteiger partial charge in [-0.05, 0) is 6.42 Å². The van der Waals surface area contributed by atoms with E-state index in [2.05, 4.69) is 0 Å². The molecule has 0 aromatic heterocycles. The summed E-state index contributed by atoms with van der Waals surface area (Å²) in [6, 6.07) is -0.180. The van der Waals surface area contributed by atoms with Crippen molar-refractivity contribution in [3.63, 3.8) is 0 Å². The van der Waals surface area contributed by atoms with E-state index >= 15 is 0 Å². The van der Waals surface area contributed by atoms with E-state index in [-0.39, 0.29) is 24.4 Å². The molecule has 0 aromatic carbocycles. The third-order valence-electron chi connectivity index (χ3n) is 3.87. The zero-order valence-electron chi connectivity index (χ0n) is 13.2. The van der Waals surface area contributed by atoms with Crippen molar-refractivity contribution in [2.75, 3.05) is 40.3 Å². The number of carbonyl (C=O) groups is 3. The Balaban J connectivity index is 2.55. The highest BCUT2D eigenvalue weighted by molar-refractivity contribution is 5.84. The first kappa shape index (κ1) is 17.3. The summed E-state index contributed by atoms with van der Waals surface area (Å²) in [5, 5.41) is 8.95. The molecular weight excluding hydrogens is 274 g/mol. The van der Waals surface area contributed by atoms with Crippen LogP contribution in [0.25, 0.3) is 0 Å². The number of carboxylic acid groups (broad SMARTS) is 1. The molecule has 1 heterocycles. The smallest absolute Gasteiger partial charge is 0.320 e. The normalized spacial score (nSPS) is 16.1. The number of hydrogen-bond donors (Lipinski definition) is 1. The van der Waals surface area contributed by atoms with Gasteiger partial charge in [-0.2, -0.15) is 0 Å². The Morgan fingerprint density at radius 2 is 1.86 bits per heavy atom. The summed E-state index contributed by atoms with van der Waals surface area (Å²) in [7, 11) is 3.32. The van der Waals surface area contributed by atoms with Crippen LogP contribution >= 0.6 is 0 Å². The first-order valence-corrected chi connectivity index (χ1v) is 7.24. The second-order valence-corrected chi connectivity index (χ2v) is 5.78. The van der Waals surface area contributed by atoms with E-state index < -0.39 is 11.9 Å². The molecule has 1 rings (SSSR count). The largest absolute Gasteiger partial charge is 0.481 e. The lowest BCUT2D eigenvalue weighted by atomic mass is 9.87. The van der Waals surface area contributed by atoms with Gasteiger partial charge in [-0.3, -0.25) is 9.59 Å². The lowest BCUT2D eigenvalue weighted by Gasteiger charge is -2.43. The predicted molar refractivity (Wildman–Crippen MR) is 77.8 cm³/mol. The fourth-order valence-corrected chi connectivity index (χ4v) is 2.20. The number of urea groups is 1. The number of rotatable bonds is 6. The molecule has 0 saturated carbocycles. The van der Waals surface area contributed by atoms with Crippen LogP contribution < -0.4 is 0 Å². The van der Waals surface area contributed by atoms with E-state index in [1.165, 1.54) is 9.80 Å². The molecule has 1 N–H and O–H groups in total. The van der Waals surface area contributed by atoms with Gasteiger partial charge in [0.15, 0.2) is 0 Å². The minimum atomic E-state index is -0.833. The Bertz CT molecular complexity index is 405. The third-order valence-corrected chi connectivity index (χ3v) is 3.87. The van der Waals surface area contributed by atoms with Crippen LogP contribution in [0.3, 0.4) is 0 Å². The SMILES string of the molecule is CCCN(CC(=O)N(C)C)C(=O)N1CC(C(C)C(=O)O)C1. The predicted octanol–water partition coefficient (Wildman–Crippen LogP) is 0.559. The molecule has 1 aliphatic heterocycles. The molecule has 1 unspecified atom stereocenters. The van der Waals surface area contributed by atoms with Gasteiger partial charge in [0.2, 0.25) is 5.91 Å². The summed E-state index contributed by atoms with van der Waals surface area (Å²) in [6.45, 7) is 5.09. The Hall–Kier alpha value is -1.79. The average Bonchev–Trinajstić information content (AvgIpc) is 2.35. The minimum Gasteiger partial charge on any atom is -0.481 e. The molecule has 0 aliphatic carbocycles. The van der Waals surface area contributed by atoms with E-state index in [4.69, 9.17) is 5.11 Å². The molecule has 21 heavy (non-hydrogen) atoms. The van der Waals surface area contributed by atoms with Gasteiger partial charge >= 0.3 is 12.0 Å². The fraction of sp³-hybridized carbons (Fsp3) is 0.786. The van der Waals surface area contributed by atoms with Crippen LogP contribution in [-0.4, -0.2) is 78.0 Å². The Morgan fingerprint density at radius 1 is 1.29 bits per heavy atom. The van der Waals surface area contributed by atoms with Gasteiger partial charge in [0.05, 0.1) is 5.92 Å². The van der Waals surface area contributed by atoms with Gasteiger partial charge < -0.3 is 19.8 Å². The number of likely N-dealkylation sites (N-methyl/N-ethyl adjacent to an activating group) is 1. The molecule has 1 saturated heterocycles. The minimum absolute atomic E-state index is 0.000484. The molecule has 7 heteroatoms. The maximum absolute atomic E-state index is 12.3. The van der Waals surface area contributed by atoms with Crippen molar-refractivity contribution in [2.24, 2.45) is 11.8 Å². The van der Waals surface area contributed by atoms with Crippen LogP contribution in [0.4, 0.5) is 4.79 Å². The summed E-state index contributed by atoms with van der Waals surface area (Å²) >= 11 is 0. The third kappa shape index (κ3) is 4.34. The van der Waals surface area contributed by atoms with Gasteiger partial charge in [0, 0.05) is 39.6 Å². The van der Waals surface area contributed by atoms with Crippen molar-refractivity contribution in [3.8, 4) is 0 Å². The van der Waals surface area contributed by atoms with E-state index in [0.29, 0.717) is 19.6 Å². The maximum Gasteiger partial charge on any atom is 0.320 e. The lowest BCUT2D eigenvalue weighted by Crippen LogP contribution is -2.58. The van der Waals surface area contributed by atoms with Gasteiger partial charge in [-0.15, -0.1) is 0 Å². The number of carbonyl (C=O) groups excluding carboxylic acids is 2. The number of hydrogen-bond acceptors (Lipinski definition) is 3. The Kier molecular flexibility index (Phi) is 5.99. The zero-order valence-corrected chi connectivity index (χ0v) is 13.2. The van der Waals surface area contributed by atoms with Crippen molar-refractivity contribution in [1.82, 2.24) is 14.7 Å². The molecule has 3 amide bonds. The van der Waals surface area contributed by atoms with Gasteiger partial charge in [0.25, 0.3) is 0 Å². The lowest BCUT2D eigenvalue weighted by molar-refractivity contribution is -0.144. The van der Waals surface area contributed by atoms with Crippen molar-refractivity contribution in [3.05, 3.63) is 0 Å². The first-order valence-electron chi connectivity index (χ1n) is 7.24. The van der Waals surface area contributed by atoms with E-state index in [0.717, 1.165) is 6.42 Å². The second-order valence-electron chi connectivity index (χ2n) is 5.78. The van der Waals surface area contributed by atoms with Crippen LogP contribution in [-0.2, 0) is 9.59 Å². The molecule has 1 atom stereocenters. The monoisotopic (exact) mass is 299 g/mol. The van der Waals surface area contributed by atoms with Crippen LogP contribution in [0.1, 0.15) is 20.3 Å². The second kappa shape index (κ2) is 7.28. The molecule has 0 radical (unpaired) electrons. The van der Waals surface area contributed by atoms with E-state index in [1.807, 2.05) is 6.92 Å². The van der Waals surface area contributed by atoms with Crippen molar-refractivity contribution in [2.45, 2.75) is 20.3 Å². The molecular formula is C14H25N3O4. The van der Waals surface area contributed by atoms with Crippen LogP contribution in [0.5, 0.6) is 0 Å². The van der Waals surface area contributed by atoms with Gasteiger partial charge in [-0.25, -0.2) is 4.79 Å². The highest BCUT2D eigenvalue weighted by Gasteiger charge is 2.38. The van der Waals surface area contributed by atoms with Crippen LogP contribution in [0.15, 0.2) is 0 Å². The van der Waals surface area contributed by atoms with Crippen molar-refractivity contribution in [1.29, 1.82) is 0 Å². The fourth-order valence-electron chi connectivity index (χ4n) is 2.20. The number of aliphatic carboxylic acids is 1. The highest BCUT2D eigenvalue weighted by Crippen LogP contribution is 2.25. The summed E-state index contributed by atoms with van der Waals surface area (Å²) in [4.78, 5) is 39.6. The first-order chi connectivity index (χ1) is 9.77. The standard InChI is InChI=1S/C14H25N3O4/c1-5-6-16(9-12(18)15(3)4)14(21)17-7-11(8-17)10(2)13(19)20/h10-11H,5-9H2,1-4H3,(H,19,20). The summed E-state index contributed by atoms with van der Waals surface area (Å²) in [5.74, 6) is -1.40. The molecule has 1 aliphatic rings. The quantitative estimate of drug-likeness (QED) is 0.777. The molecule has 120 valence electrons. The van der Waals surface area contributed by atoms with Gasteiger partial charge in [0.1, 0.15) is 6.54 Å². The van der Waals surface area contributed by atoms with E-state index in [1.54, 1.807) is 25.9 Å². The summed E-state index contributed by atoms with van der Waals surface area (Å²) < 4.78 is 0. The van der Waals surface area contributed by atoms with Gasteiger partial charge in [-0.1, -0.05) is 13.8 Å². The molecule has 7 nitrogen and oxygen atoms in total. The maximum atomic E-state index is 12.3. The molecule has 1 fully saturated rings. The Labute approximate surface area is 125 Å². The zero-order chi connectivity index (χ0) is 16.2. The van der Waals surface area contributed by atoms with Crippen molar-refractivity contribution < 1.29 is 19.5 Å². The van der Waals surface area contributed by atoms with E-state index in [9.17, 15) is 14.4 Å². The summed E-state index contributed by atoms with van der Waals surface area (Å²) in [6.07, 6.45) is 0.773. The molecule has 0 bridgehead atoms. The van der Waals surface area contributed by atoms with Crippen LogP contribution in [0.2, 0.25) is 0 Å².